The summed E-state index contributed by atoms with van der Waals surface area (Å²) in [6, 6.07) is 6.53. The first-order valence-electron chi connectivity index (χ1n) is 5.84. The average Bonchev–Trinajstić information content (AvgIpc) is 2.37. The molecule has 2 rings (SSSR count). The summed E-state index contributed by atoms with van der Waals surface area (Å²) in [4.78, 5) is 15.3. The molecule has 2 aromatic rings. The second-order valence-corrected chi connectivity index (χ2v) is 5.84. The second kappa shape index (κ2) is 5.58. The third-order valence-corrected chi connectivity index (χ3v) is 3.66. The molecule has 0 fully saturated rings. The molecule has 6 nitrogen and oxygen atoms in total. The summed E-state index contributed by atoms with van der Waals surface area (Å²) >= 11 is 0. The fourth-order valence-electron chi connectivity index (χ4n) is 1.72. The molecule has 1 amide bonds. The van der Waals surface area contributed by atoms with Gasteiger partial charge in [-0.05, 0) is 36.8 Å². The Morgan fingerprint density at radius 2 is 2.05 bits per heavy atom. The van der Waals surface area contributed by atoms with Crippen LogP contribution in [0.5, 0.6) is 0 Å². The van der Waals surface area contributed by atoms with Gasteiger partial charge in [0.15, 0.2) is 0 Å². The molecule has 0 aliphatic carbocycles. The van der Waals surface area contributed by atoms with Crippen molar-refractivity contribution in [2.24, 2.45) is 5.14 Å². The van der Waals surface area contributed by atoms with Crippen molar-refractivity contribution in [2.45, 2.75) is 11.8 Å². The Bertz CT molecular complexity index is 806. The van der Waals surface area contributed by atoms with Crippen LogP contribution in [0.3, 0.4) is 0 Å². The highest BCUT2D eigenvalue weighted by molar-refractivity contribution is 7.89. The van der Waals surface area contributed by atoms with Crippen molar-refractivity contribution < 1.29 is 17.6 Å². The number of hydrogen-bond donors (Lipinski definition) is 2. The number of primary sulfonamides is 1. The molecule has 0 saturated heterocycles. The molecule has 0 unspecified atom stereocenters. The first kappa shape index (κ1) is 15.1. The summed E-state index contributed by atoms with van der Waals surface area (Å²) in [7, 11) is -4.14. The molecule has 0 radical (unpaired) electrons. The number of carbonyl (C=O) groups excluding carboxylic acids is 1. The van der Waals surface area contributed by atoms with E-state index in [1.54, 1.807) is 19.1 Å². The molecule has 1 heterocycles. The van der Waals surface area contributed by atoms with E-state index >= 15 is 0 Å². The lowest BCUT2D eigenvalue weighted by Crippen LogP contribution is -2.17. The van der Waals surface area contributed by atoms with E-state index in [0.717, 1.165) is 12.1 Å². The molecule has 0 bridgehead atoms. The Kier molecular flexibility index (Phi) is 4.01. The monoisotopic (exact) mass is 309 g/mol. The van der Waals surface area contributed by atoms with Crippen LogP contribution in [0.2, 0.25) is 0 Å². The third kappa shape index (κ3) is 3.41. The van der Waals surface area contributed by atoms with Crippen molar-refractivity contribution >= 4 is 21.6 Å². The van der Waals surface area contributed by atoms with E-state index < -0.39 is 26.6 Å². The Balaban J connectivity index is 2.27. The normalized spacial score (nSPS) is 11.2. The van der Waals surface area contributed by atoms with Gasteiger partial charge in [0, 0.05) is 11.9 Å². The van der Waals surface area contributed by atoms with Crippen LogP contribution in [-0.4, -0.2) is 19.3 Å². The summed E-state index contributed by atoms with van der Waals surface area (Å²) in [6.07, 6.45) is 1.46. The molecule has 0 aliphatic heterocycles. The van der Waals surface area contributed by atoms with Gasteiger partial charge in [-0.3, -0.25) is 9.78 Å². The number of hydrogen-bond acceptors (Lipinski definition) is 4. The number of rotatable bonds is 3. The minimum atomic E-state index is -4.14. The number of pyridine rings is 1. The van der Waals surface area contributed by atoms with Crippen molar-refractivity contribution in [2.75, 3.05) is 5.32 Å². The number of amides is 1. The minimum Gasteiger partial charge on any atom is -0.321 e. The third-order valence-electron chi connectivity index (χ3n) is 2.72. The van der Waals surface area contributed by atoms with Crippen LogP contribution in [0.4, 0.5) is 10.1 Å². The number of nitrogens with one attached hydrogen (secondary N) is 1. The molecule has 110 valence electrons. The van der Waals surface area contributed by atoms with Crippen LogP contribution < -0.4 is 10.5 Å². The Hall–Kier alpha value is -2.32. The molecule has 3 N–H and O–H groups in total. The number of carbonyl (C=O) groups is 1. The highest BCUT2D eigenvalue weighted by Crippen LogP contribution is 2.18. The molecular formula is C13H12FN3O3S. The Morgan fingerprint density at radius 3 is 2.62 bits per heavy atom. The predicted molar refractivity (Wildman–Crippen MR) is 74.7 cm³/mol. The number of anilines is 1. The van der Waals surface area contributed by atoms with E-state index in [2.05, 4.69) is 10.3 Å². The zero-order chi connectivity index (χ0) is 15.6. The molecule has 1 aromatic carbocycles. The SMILES string of the molecule is Cc1cccnc1C(=O)Nc1ccc(S(N)(=O)=O)c(F)c1. The maximum Gasteiger partial charge on any atom is 0.274 e. The summed E-state index contributed by atoms with van der Waals surface area (Å²) in [6.45, 7) is 1.71. The molecule has 21 heavy (non-hydrogen) atoms. The van der Waals surface area contributed by atoms with Gasteiger partial charge in [0.2, 0.25) is 10.0 Å². The highest BCUT2D eigenvalue weighted by Gasteiger charge is 2.16. The maximum atomic E-state index is 13.7. The fraction of sp³-hybridized carbons (Fsp3) is 0.0769. The number of nitrogens with zero attached hydrogens (tertiary/aromatic N) is 1. The summed E-state index contributed by atoms with van der Waals surface area (Å²) in [5.41, 5.74) is 0.972. The second-order valence-electron chi connectivity index (χ2n) is 4.31. The summed E-state index contributed by atoms with van der Waals surface area (Å²) in [5.74, 6) is -1.55. The molecule has 8 heteroatoms. The maximum absolute atomic E-state index is 13.7. The van der Waals surface area contributed by atoms with Crippen molar-refractivity contribution in [3.63, 3.8) is 0 Å². The zero-order valence-electron chi connectivity index (χ0n) is 11.0. The van der Waals surface area contributed by atoms with Crippen molar-refractivity contribution in [1.82, 2.24) is 4.98 Å². The van der Waals surface area contributed by atoms with Gasteiger partial charge in [0.1, 0.15) is 16.4 Å². The van der Waals surface area contributed by atoms with Gasteiger partial charge in [-0.15, -0.1) is 0 Å². The topological polar surface area (TPSA) is 102 Å². The van der Waals surface area contributed by atoms with Crippen LogP contribution in [0.25, 0.3) is 0 Å². The summed E-state index contributed by atoms with van der Waals surface area (Å²) in [5, 5.41) is 7.30. The van der Waals surface area contributed by atoms with Gasteiger partial charge < -0.3 is 5.32 Å². The van der Waals surface area contributed by atoms with Crippen LogP contribution in [0, 0.1) is 12.7 Å². The predicted octanol–water partition coefficient (Wildman–Crippen LogP) is 1.43. The van der Waals surface area contributed by atoms with E-state index in [4.69, 9.17) is 5.14 Å². The molecule has 1 aromatic heterocycles. The van der Waals surface area contributed by atoms with Crippen molar-refractivity contribution in [3.8, 4) is 0 Å². The molecule has 0 saturated carbocycles. The fourth-order valence-corrected chi connectivity index (χ4v) is 2.31. The number of nitrogens with two attached hydrogens (primary N) is 1. The van der Waals surface area contributed by atoms with Gasteiger partial charge in [0.05, 0.1) is 0 Å². The van der Waals surface area contributed by atoms with Crippen LogP contribution in [0.15, 0.2) is 41.4 Å². The lowest BCUT2D eigenvalue weighted by Gasteiger charge is -2.08. The Morgan fingerprint density at radius 1 is 1.33 bits per heavy atom. The van der Waals surface area contributed by atoms with Gasteiger partial charge in [0.25, 0.3) is 5.91 Å². The first-order chi connectivity index (χ1) is 9.79. The van der Waals surface area contributed by atoms with Crippen LogP contribution >= 0.6 is 0 Å². The van der Waals surface area contributed by atoms with E-state index in [0.29, 0.717) is 5.56 Å². The minimum absolute atomic E-state index is 0.106. The van der Waals surface area contributed by atoms with Crippen LogP contribution in [-0.2, 0) is 10.0 Å². The molecule has 0 spiro atoms. The number of aromatic nitrogens is 1. The first-order valence-corrected chi connectivity index (χ1v) is 7.39. The number of benzene rings is 1. The molecule has 0 atom stereocenters. The van der Waals surface area contributed by atoms with E-state index in [1.807, 2.05) is 0 Å². The highest BCUT2D eigenvalue weighted by atomic mass is 32.2. The van der Waals surface area contributed by atoms with Gasteiger partial charge in [-0.25, -0.2) is 17.9 Å². The van der Waals surface area contributed by atoms with Gasteiger partial charge in [-0.1, -0.05) is 6.07 Å². The van der Waals surface area contributed by atoms with Crippen LogP contribution in [0.1, 0.15) is 16.1 Å². The van der Waals surface area contributed by atoms with E-state index in [1.165, 1.54) is 12.3 Å². The Labute approximate surface area is 120 Å². The standard InChI is InChI=1S/C13H12FN3O3S/c1-8-3-2-6-16-12(8)13(18)17-9-4-5-11(10(14)7-9)21(15,19)20/h2-7H,1H3,(H,17,18)(H2,15,19,20). The van der Waals surface area contributed by atoms with E-state index in [9.17, 15) is 17.6 Å². The number of sulfonamides is 1. The quantitative estimate of drug-likeness (QED) is 0.895. The molecule has 0 aliphatic rings. The smallest absolute Gasteiger partial charge is 0.274 e. The van der Waals surface area contributed by atoms with Crippen molar-refractivity contribution in [1.29, 1.82) is 0 Å². The number of aryl methyl sites for hydroxylation is 1. The van der Waals surface area contributed by atoms with Crippen molar-refractivity contribution in [3.05, 3.63) is 53.6 Å². The number of halogens is 1. The lowest BCUT2D eigenvalue weighted by atomic mass is 10.2. The van der Waals surface area contributed by atoms with Gasteiger partial charge >= 0.3 is 0 Å². The van der Waals surface area contributed by atoms with E-state index in [-0.39, 0.29) is 11.4 Å². The average molecular weight is 309 g/mol. The van der Waals surface area contributed by atoms with Gasteiger partial charge in [-0.2, -0.15) is 0 Å². The summed E-state index contributed by atoms with van der Waals surface area (Å²) < 4.78 is 35.8. The molecular weight excluding hydrogens is 297 g/mol. The largest absolute Gasteiger partial charge is 0.321 e. The lowest BCUT2D eigenvalue weighted by molar-refractivity contribution is 0.102. The zero-order valence-corrected chi connectivity index (χ0v) is 11.8.